The molecule has 2 rings (SSSR count). The van der Waals surface area contributed by atoms with Crippen molar-refractivity contribution in [3.05, 3.63) is 30.7 Å². The second-order valence-corrected chi connectivity index (χ2v) is 3.11. The molecule has 0 aliphatic carbocycles. The Bertz CT molecular complexity index is 511. The van der Waals surface area contributed by atoms with Gasteiger partial charge in [0.25, 0.3) is 0 Å². The number of hydrogen-bond acceptors (Lipinski definition) is 6. The second kappa shape index (κ2) is 4.97. The number of rotatable bonds is 3. The van der Waals surface area contributed by atoms with Crippen LogP contribution in [0.4, 0.5) is 5.95 Å². The van der Waals surface area contributed by atoms with Crippen LogP contribution >= 0.6 is 0 Å². The van der Waals surface area contributed by atoms with Gasteiger partial charge in [0.05, 0.1) is 0 Å². The summed E-state index contributed by atoms with van der Waals surface area (Å²) in [5.74, 6) is 0.900. The van der Waals surface area contributed by atoms with Gasteiger partial charge in [-0.1, -0.05) is 6.07 Å². The maximum absolute atomic E-state index is 5.20. The van der Waals surface area contributed by atoms with Crippen molar-refractivity contribution < 1.29 is 0 Å². The summed E-state index contributed by atoms with van der Waals surface area (Å²) in [5, 5.41) is 5.30. The first-order valence-corrected chi connectivity index (χ1v) is 4.89. The van der Waals surface area contributed by atoms with Crippen LogP contribution in [0.3, 0.4) is 0 Å². The van der Waals surface area contributed by atoms with E-state index in [1.165, 1.54) is 17.7 Å². The van der Waals surface area contributed by atoms with Crippen molar-refractivity contribution in [2.45, 2.75) is 0 Å². The monoisotopic (exact) mass is 229 g/mol. The van der Waals surface area contributed by atoms with Crippen LogP contribution in [0.15, 0.2) is 35.8 Å². The number of nitrogens with zero attached hydrogens (tertiary/aromatic N) is 6. The molecule has 2 heterocycles. The van der Waals surface area contributed by atoms with E-state index < -0.39 is 0 Å². The third kappa shape index (κ3) is 2.51. The molecule has 0 unspecified atom stereocenters. The number of hydrazone groups is 1. The molecule has 7 nitrogen and oxygen atoms in total. The number of nitrogens with two attached hydrogens (primary N) is 1. The van der Waals surface area contributed by atoms with E-state index in [0.717, 1.165) is 0 Å². The largest absolute Gasteiger partial charge is 0.388 e. The first-order chi connectivity index (χ1) is 8.31. The van der Waals surface area contributed by atoms with Crippen LogP contribution in [0.5, 0.6) is 0 Å². The lowest BCUT2D eigenvalue weighted by atomic mass is 10.3. The highest BCUT2D eigenvalue weighted by Crippen LogP contribution is 2.12. The summed E-state index contributed by atoms with van der Waals surface area (Å²) in [4.78, 5) is 16.4. The maximum Gasteiger partial charge on any atom is 0.249 e. The molecule has 2 aromatic heterocycles. The van der Waals surface area contributed by atoms with E-state index in [-0.39, 0.29) is 0 Å². The molecule has 0 radical (unpaired) electrons. The zero-order valence-corrected chi connectivity index (χ0v) is 9.22. The van der Waals surface area contributed by atoms with E-state index in [4.69, 9.17) is 5.73 Å². The zero-order valence-electron chi connectivity index (χ0n) is 9.22. The maximum atomic E-state index is 5.20. The SMILES string of the molecule is CN(/N=C\N)c1ncnc(-c2ccccn2)n1. The van der Waals surface area contributed by atoms with Crippen molar-refractivity contribution in [1.29, 1.82) is 0 Å². The lowest BCUT2D eigenvalue weighted by Crippen LogP contribution is -2.14. The molecule has 0 aromatic carbocycles. The Balaban J connectivity index is 2.35. The average Bonchev–Trinajstić information content (AvgIpc) is 2.40. The Labute approximate surface area is 98.1 Å². The van der Waals surface area contributed by atoms with Crippen LogP contribution in [-0.4, -0.2) is 33.3 Å². The first-order valence-electron chi connectivity index (χ1n) is 4.89. The second-order valence-electron chi connectivity index (χ2n) is 3.11. The van der Waals surface area contributed by atoms with E-state index in [2.05, 4.69) is 25.0 Å². The van der Waals surface area contributed by atoms with Crippen LogP contribution in [0, 0.1) is 0 Å². The summed E-state index contributed by atoms with van der Waals surface area (Å²) in [5.41, 5.74) is 5.88. The molecule has 0 atom stereocenters. The topological polar surface area (TPSA) is 93.2 Å². The molecule has 0 fully saturated rings. The van der Waals surface area contributed by atoms with Crippen molar-refractivity contribution >= 4 is 12.3 Å². The van der Waals surface area contributed by atoms with Crippen LogP contribution in [-0.2, 0) is 0 Å². The molecule has 0 aliphatic heterocycles. The van der Waals surface area contributed by atoms with Crippen molar-refractivity contribution in [2.24, 2.45) is 10.8 Å². The molecule has 0 aliphatic rings. The molecule has 0 bridgehead atoms. The van der Waals surface area contributed by atoms with Gasteiger partial charge in [-0.15, -0.1) is 0 Å². The van der Waals surface area contributed by atoms with Gasteiger partial charge in [-0.05, 0) is 12.1 Å². The highest BCUT2D eigenvalue weighted by atomic mass is 15.5. The molecule has 17 heavy (non-hydrogen) atoms. The Morgan fingerprint density at radius 1 is 1.29 bits per heavy atom. The zero-order chi connectivity index (χ0) is 12.1. The molecular formula is C10H11N7. The molecule has 2 N–H and O–H groups in total. The fraction of sp³-hybridized carbons (Fsp3) is 0.100. The number of anilines is 1. The average molecular weight is 229 g/mol. The molecule has 2 aromatic rings. The Hall–Kier alpha value is -2.57. The number of hydrogen-bond donors (Lipinski definition) is 1. The Morgan fingerprint density at radius 3 is 2.88 bits per heavy atom. The summed E-state index contributed by atoms with van der Waals surface area (Å²) < 4.78 is 0. The lowest BCUT2D eigenvalue weighted by molar-refractivity contribution is 0.908. The van der Waals surface area contributed by atoms with E-state index in [0.29, 0.717) is 17.5 Å². The van der Waals surface area contributed by atoms with Crippen molar-refractivity contribution in [3.63, 3.8) is 0 Å². The number of aromatic nitrogens is 4. The third-order valence-corrected chi connectivity index (χ3v) is 1.98. The lowest BCUT2D eigenvalue weighted by Gasteiger charge is -2.09. The van der Waals surface area contributed by atoms with Crippen molar-refractivity contribution in [2.75, 3.05) is 12.1 Å². The fourth-order valence-electron chi connectivity index (χ4n) is 1.21. The highest BCUT2D eigenvalue weighted by Gasteiger charge is 2.06. The van der Waals surface area contributed by atoms with E-state index in [1.54, 1.807) is 13.2 Å². The van der Waals surface area contributed by atoms with E-state index in [1.807, 2.05) is 18.2 Å². The molecule has 0 saturated heterocycles. The predicted octanol–water partition coefficient (Wildman–Crippen LogP) is 0.272. The summed E-state index contributed by atoms with van der Waals surface area (Å²) in [6.45, 7) is 0. The summed E-state index contributed by atoms with van der Waals surface area (Å²) in [6, 6.07) is 5.52. The summed E-state index contributed by atoms with van der Waals surface area (Å²) in [7, 11) is 1.70. The van der Waals surface area contributed by atoms with Gasteiger partial charge in [0, 0.05) is 13.2 Å². The minimum Gasteiger partial charge on any atom is -0.388 e. The third-order valence-electron chi connectivity index (χ3n) is 1.98. The standard InChI is InChI=1S/C10H11N7/c1-17(15-6-11)10-14-7-13-9(16-10)8-4-2-3-5-12-8/h2-7H,1H3,(H2,11,15). The van der Waals surface area contributed by atoms with E-state index in [9.17, 15) is 0 Å². The minimum absolute atomic E-state index is 0.405. The minimum atomic E-state index is 0.405. The predicted molar refractivity (Wildman–Crippen MR) is 64.1 cm³/mol. The summed E-state index contributed by atoms with van der Waals surface area (Å²) >= 11 is 0. The van der Waals surface area contributed by atoms with Gasteiger partial charge < -0.3 is 5.73 Å². The van der Waals surface area contributed by atoms with Gasteiger partial charge in [-0.3, -0.25) is 4.98 Å². The van der Waals surface area contributed by atoms with Crippen molar-refractivity contribution in [1.82, 2.24) is 19.9 Å². The normalized spacial score (nSPS) is 10.6. The van der Waals surface area contributed by atoms with Crippen LogP contribution in [0.2, 0.25) is 0 Å². The Morgan fingerprint density at radius 2 is 2.18 bits per heavy atom. The van der Waals surface area contributed by atoms with Crippen LogP contribution in [0.25, 0.3) is 11.5 Å². The molecule has 0 saturated carbocycles. The Kier molecular flexibility index (Phi) is 3.20. The molecule has 0 amide bonds. The fourth-order valence-corrected chi connectivity index (χ4v) is 1.21. The van der Waals surface area contributed by atoms with Crippen molar-refractivity contribution in [3.8, 4) is 11.5 Å². The highest BCUT2D eigenvalue weighted by molar-refractivity contribution is 5.54. The molecule has 0 spiro atoms. The number of pyridine rings is 1. The smallest absolute Gasteiger partial charge is 0.249 e. The summed E-state index contributed by atoms with van der Waals surface area (Å²) in [6.07, 6.45) is 4.26. The van der Waals surface area contributed by atoms with Gasteiger partial charge in [0.1, 0.15) is 18.4 Å². The van der Waals surface area contributed by atoms with E-state index >= 15 is 0 Å². The molecular weight excluding hydrogens is 218 g/mol. The first kappa shape index (κ1) is 10.9. The van der Waals surface area contributed by atoms with Gasteiger partial charge in [0.15, 0.2) is 5.82 Å². The van der Waals surface area contributed by atoms with Gasteiger partial charge in [0.2, 0.25) is 5.95 Å². The van der Waals surface area contributed by atoms with Crippen LogP contribution in [0.1, 0.15) is 0 Å². The van der Waals surface area contributed by atoms with Gasteiger partial charge >= 0.3 is 0 Å². The van der Waals surface area contributed by atoms with Gasteiger partial charge in [-0.25, -0.2) is 9.99 Å². The quantitative estimate of drug-likeness (QED) is 0.461. The molecule has 86 valence electrons. The molecule has 7 heteroatoms. The van der Waals surface area contributed by atoms with Crippen LogP contribution < -0.4 is 10.7 Å². The van der Waals surface area contributed by atoms with Gasteiger partial charge in [-0.2, -0.15) is 15.1 Å².